The maximum atomic E-state index is 12.1. The van der Waals surface area contributed by atoms with Gasteiger partial charge in [-0.1, -0.05) is 17.7 Å². The predicted molar refractivity (Wildman–Crippen MR) is 104 cm³/mol. The van der Waals surface area contributed by atoms with Gasteiger partial charge in [0.2, 0.25) is 10.0 Å². The van der Waals surface area contributed by atoms with Crippen LogP contribution in [0.3, 0.4) is 0 Å². The molecule has 26 heavy (non-hydrogen) atoms. The minimum absolute atomic E-state index is 0.0806. The van der Waals surface area contributed by atoms with Gasteiger partial charge < -0.3 is 10.2 Å². The number of sulfonamides is 1. The molecule has 0 saturated heterocycles. The van der Waals surface area contributed by atoms with Crippen LogP contribution in [0.4, 0.5) is 5.69 Å². The lowest BCUT2D eigenvalue weighted by atomic mass is 10.2. The van der Waals surface area contributed by atoms with Gasteiger partial charge in [-0.2, -0.15) is 0 Å². The highest BCUT2D eigenvalue weighted by molar-refractivity contribution is 7.89. The Morgan fingerprint density at radius 1 is 1.12 bits per heavy atom. The third-order valence-electron chi connectivity index (χ3n) is 3.85. The van der Waals surface area contributed by atoms with E-state index < -0.39 is 10.0 Å². The molecule has 6 nitrogen and oxygen atoms in total. The van der Waals surface area contributed by atoms with Gasteiger partial charge in [0.25, 0.3) is 5.91 Å². The molecule has 0 atom stereocenters. The van der Waals surface area contributed by atoms with Gasteiger partial charge in [0.15, 0.2) is 0 Å². The Balaban J connectivity index is 1.85. The summed E-state index contributed by atoms with van der Waals surface area (Å²) in [6, 6.07) is 13.2. The maximum Gasteiger partial charge on any atom is 0.251 e. The van der Waals surface area contributed by atoms with E-state index in [0.717, 1.165) is 12.2 Å². The van der Waals surface area contributed by atoms with Crippen molar-refractivity contribution >= 4 is 33.2 Å². The summed E-state index contributed by atoms with van der Waals surface area (Å²) in [6.07, 6.45) is 0. The Kier molecular flexibility index (Phi) is 7.02. The lowest BCUT2D eigenvalue weighted by molar-refractivity contribution is 0.0954. The zero-order chi connectivity index (χ0) is 19.2. The van der Waals surface area contributed by atoms with Crippen molar-refractivity contribution in [2.75, 3.05) is 31.6 Å². The molecule has 140 valence electrons. The van der Waals surface area contributed by atoms with Crippen LogP contribution < -0.4 is 14.9 Å². The monoisotopic (exact) mass is 395 g/mol. The average molecular weight is 396 g/mol. The molecule has 0 saturated carbocycles. The first-order chi connectivity index (χ1) is 12.3. The van der Waals surface area contributed by atoms with Crippen molar-refractivity contribution in [3.8, 4) is 0 Å². The summed E-state index contributed by atoms with van der Waals surface area (Å²) < 4.78 is 26.7. The molecular weight excluding hydrogens is 374 g/mol. The maximum absolute atomic E-state index is 12.1. The van der Waals surface area contributed by atoms with Crippen LogP contribution in [0.1, 0.15) is 17.3 Å². The molecule has 0 aromatic heterocycles. The highest BCUT2D eigenvalue weighted by atomic mass is 35.5. The quantitative estimate of drug-likeness (QED) is 0.673. The SMILES string of the molecule is CCN(C)c1ccc(C(=O)NCCNS(=O)(=O)c2cccc(Cl)c2)cc1. The molecule has 0 aliphatic carbocycles. The molecule has 2 aromatic carbocycles. The smallest absolute Gasteiger partial charge is 0.251 e. The van der Waals surface area contributed by atoms with E-state index in [4.69, 9.17) is 11.6 Å². The van der Waals surface area contributed by atoms with E-state index in [1.54, 1.807) is 24.3 Å². The van der Waals surface area contributed by atoms with Crippen molar-refractivity contribution < 1.29 is 13.2 Å². The highest BCUT2D eigenvalue weighted by Gasteiger charge is 2.14. The van der Waals surface area contributed by atoms with Gasteiger partial charge in [-0.25, -0.2) is 13.1 Å². The largest absolute Gasteiger partial charge is 0.375 e. The van der Waals surface area contributed by atoms with Crippen molar-refractivity contribution in [3.05, 3.63) is 59.1 Å². The van der Waals surface area contributed by atoms with Crippen LogP contribution in [0.25, 0.3) is 0 Å². The second-order valence-electron chi connectivity index (χ2n) is 5.67. The molecule has 8 heteroatoms. The predicted octanol–water partition coefficient (Wildman–Crippen LogP) is 2.50. The van der Waals surface area contributed by atoms with Crippen molar-refractivity contribution in [3.63, 3.8) is 0 Å². The third-order valence-corrected chi connectivity index (χ3v) is 5.55. The lowest BCUT2D eigenvalue weighted by Crippen LogP contribution is -2.34. The fourth-order valence-corrected chi connectivity index (χ4v) is 3.56. The second kappa shape index (κ2) is 9.02. The Morgan fingerprint density at radius 2 is 1.81 bits per heavy atom. The first-order valence-electron chi connectivity index (χ1n) is 8.18. The van der Waals surface area contributed by atoms with E-state index in [1.165, 1.54) is 12.1 Å². The van der Waals surface area contributed by atoms with Crippen LogP contribution in [0.2, 0.25) is 5.02 Å². The van der Waals surface area contributed by atoms with E-state index in [2.05, 4.69) is 14.9 Å². The Hall–Kier alpha value is -2.09. The number of benzene rings is 2. The van der Waals surface area contributed by atoms with Gasteiger partial charge in [-0.3, -0.25) is 4.79 Å². The number of amides is 1. The summed E-state index contributed by atoms with van der Waals surface area (Å²) in [5.74, 6) is -0.252. The van der Waals surface area contributed by atoms with E-state index in [9.17, 15) is 13.2 Å². The van der Waals surface area contributed by atoms with Crippen LogP contribution in [0.5, 0.6) is 0 Å². The number of anilines is 1. The molecule has 0 unspecified atom stereocenters. The molecule has 2 rings (SSSR count). The summed E-state index contributed by atoms with van der Waals surface area (Å²) in [4.78, 5) is 14.3. The van der Waals surface area contributed by atoms with E-state index in [1.807, 2.05) is 26.1 Å². The van der Waals surface area contributed by atoms with E-state index >= 15 is 0 Å². The van der Waals surface area contributed by atoms with Gasteiger partial charge in [-0.15, -0.1) is 0 Å². The van der Waals surface area contributed by atoms with Gasteiger partial charge >= 0.3 is 0 Å². The zero-order valence-corrected chi connectivity index (χ0v) is 16.3. The fraction of sp³-hybridized carbons (Fsp3) is 0.278. The number of nitrogens with one attached hydrogen (secondary N) is 2. The van der Waals surface area contributed by atoms with Crippen LogP contribution in [0.15, 0.2) is 53.4 Å². The Labute approximate surface area is 159 Å². The number of hydrogen-bond acceptors (Lipinski definition) is 4. The second-order valence-corrected chi connectivity index (χ2v) is 7.88. The summed E-state index contributed by atoms with van der Waals surface area (Å²) in [5, 5.41) is 3.04. The number of nitrogens with zero attached hydrogens (tertiary/aromatic N) is 1. The molecule has 0 radical (unpaired) electrons. The topological polar surface area (TPSA) is 78.5 Å². The first-order valence-corrected chi connectivity index (χ1v) is 10.0. The zero-order valence-electron chi connectivity index (χ0n) is 14.7. The van der Waals surface area contributed by atoms with Crippen LogP contribution in [-0.2, 0) is 10.0 Å². The summed E-state index contributed by atoms with van der Waals surface area (Å²) in [5.41, 5.74) is 1.55. The first kappa shape index (κ1) is 20.2. The molecule has 0 aliphatic rings. The van der Waals surface area contributed by atoms with Crippen LogP contribution in [-0.4, -0.2) is 41.0 Å². The molecule has 0 aliphatic heterocycles. The molecule has 0 heterocycles. The van der Waals surface area contributed by atoms with Crippen LogP contribution in [0, 0.1) is 0 Å². The summed E-state index contributed by atoms with van der Waals surface area (Å²) >= 11 is 5.81. The van der Waals surface area contributed by atoms with Crippen molar-refractivity contribution in [1.29, 1.82) is 0 Å². The summed E-state index contributed by atoms with van der Waals surface area (Å²) in [7, 11) is -1.68. The molecule has 0 fully saturated rings. The molecule has 0 bridgehead atoms. The summed E-state index contributed by atoms with van der Waals surface area (Å²) in [6.45, 7) is 3.18. The number of carbonyl (C=O) groups excluding carboxylic acids is 1. The molecular formula is C18H22ClN3O3S. The van der Waals surface area contributed by atoms with Crippen molar-refractivity contribution in [2.45, 2.75) is 11.8 Å². The minimum atomic E-state index is -3.65. The number of halogens is 1. The van der Waals surface area contributed by atoms with Gasteiger partial charge in [0.1, 0.15) is 0 Å². The number of rotatable bonds is 8. The molecule has 1 amide bonds. The third kappa shape index (κ3) is 5.45. The Morgan fingerprint density at radius 3 is 2.42 bits per heavy atom. The van der Waals surface area contributed by atoms with E-state index in [0.29, 0.717) is 10.6 Å². The molecule has 0 spiro atoms. The van der Waals surface area contributed by atoms with Gasteiger partial charge in [0.05, 0.1) is 4.90 Å². The highest BCUT2D eigenvalue weighted by Crippen LogP contribution is 2.15. The van der Waals surface area contributed by atoms with E-state index in [-0.39, 0.29) is 23.9 Å². The van der Waals surface area contributed by atoms with Crippen molar-refractivity contribution in [2.24, 2.45) is 0 Å². The minimum Gasteiger partial charge on any atom is -0.375 e. The fourth-order valence-electron chi connectivity index (χ4n) is 2.23. The molecule has 2 N–H and O–H groups in total. The van der Waals surface area contributed by atoms with Gasteiger partial charge in [0, 0.05) is 43.0 Å². The lowest BCUT2D eigenvalue weighted by Gasteiger charge is -2.16. The average Bonchev–Trinajstić information content (AvgIpc) is 2.64. The molecule has 2 aromatic rings. The van der Waals surface area contributed by atoms with Crippen LogP contribution >= 0.6 is 11.6 Å². The standard InChI is InChI=1S/C18H22ClN3O3S/c1-3-22(2)16-9-7-14(8-10-16)18(23)20-11-12-21-26(24,25)17-6-4-5-15(19)13-17/h4-10,13,21H,3,11-12H2,1-2H3,(H,20,23). The number of carbonyl (C=O) groups is 1. The van der Waals surface area contributed by atoms with Gasteiger partial charge in [-0.05, 0) is 49.4 Å². The normalized spacial score (nSPS) is 11.2. The Bertz CT molecular complexity index is 854. The number of hydrogen-bond donors (Lipinski definition) is 2. The van der Waals surface area contributed by atoms with Crippen molar-refractivity contribution in [1.82, 2.24) is 10.0 Å².